The minimum absolute atomic E-state index is 0.326. The van der Waals surface area contributed by atoms with Gasteiger partial charge in [0.2, 0.25) is 0 Å². The van der Waals surface area contributed by atoms with Gasteiger partial charge in [-0.25, -0.2) is 0 Å². The Balaban J connectivity index is 1.72. The molecule has 1 aliphatic heterocycles. The van der Waals surface area contributed by atoms with Crippen molar-refractivity contribution < 1.29 is 5.11 Å². The molecule has 0 aromatic heterocycles. The fraction of sp³-hybridized carbons (Fsp3) is 1.00. The van der Waals surface area contributed by atoms with Crippen molar-refractivity contribution in [1.29, 1.82) is 0 Å². The number of piperidine rings is 1. The third kappa shape index (κ3) is 2.71. The van der Waals surface area contributed by atoms with Gasteiger partial charge in [-0.3, -0.25) is 0 Å². The van der Waals surface area contributed by atoms with Gasteiger partial charge < -0.3 is 10.4 Å². The van der Waals surface area contributed by atoms with E-state index in [1.807, 2.05) is 0 Å². The predicted octanol–water partition coefficient (Wildman–Crippen LogP) is 2.07. The Hall–Kier alpha value is -0.0800. The molecule has 1 heterocycles. The molecule has 2 N–H and O–H groups in total. The van der Waals surface area contributed by atoms with E-state index >= 15 is 0 Å². The van der Waals surface area contributed by atoms with Crippen LogP contribution < -0.4 is 5.32 Å². The molecule has 2 nitrogen and oxygen atoms in total. The summed E-state index contributed by atoms with van der Waals surface area (Å²) in [5.74, 6) is 0.925. The highest BCUT2D eigenvalue weighted by atomic mass is 16.3. The van der Waals surface area contributed by atoms with E-state index in [1.54, 1.807) is 0 Å². The van der Waals surface area contributed by atoms with E-state index in [0.717, 1.165) is 38.3 Å². The van der Waals surface area contributed by atoms with Crippen LogP contribution in [-0.2, 0) is 0 Å². The highest BCUT2D eigenvalue weighted by Gasteiger charge is 2.29. The maximum Gasteiger partial charge on any atom is 0.0672 e. The Bertz CT molecular complexity index is 169. The second-order valence-electron chi connectivity index (χ2n) is 5.16. The third-order valence-corrected chi connectivity index (χ3v) is 4.03. The molecule has 14 heavy (non-hydrogen) atoms. The van der Waals surface area contributed by atoms with Crippen molar-refractivity contribution in [3.05, 3.63) is 0 Å². The van der Waals surface area contributed by atoms with Crippen LogP contribution in [0.3, 0.4) is 0 Å². The zero-order chi connectivity index (χ0) is 9.86. The topological polar surface area (TPSA) is 32.3 Å². The van der Waals surface area contributed by atoms with Crippen molar-refractivity contribution in [2.75, 3.05) is 13.1 Å². The van der Waals surface area contributed by atoms with Crippen molar-refractivity contribution in [3.8, 4) is 0 Å². The number of nitrogens with one attached hydrogen (secondary N) is 1. The molecule has 0 aromatic rings. The molecule has 2 aliphatic rings. The van der Waals surface area contributed by atoms with Gasteiger partial charge in [0, 0.05) is 0 Å². The van der Waals surface area contributed by atoms with E-state index in [9.17, 15) is 5.11 Å². The van der Waals surface area contributed by atoms with Gasteiger partial charge in [0.05, 0.1) is 5.60 Å². The van der Waals surface area contributed by atoms with Gasteiger partial charge in [-0.15, -0.1) is 0 Å². The molecule has 2 heteroatoms. The molecule has 1 aliphatic carbocycles. The summed E-state index contributed by atoms with van der Waals surface area (Å²) in [5, 5.41) is 13.6. The van der Waals surface area contributed by atoms with Gasteiger partial charge in [-0.1, -0.05) is 25.7 Å². The maximum atomic E-state index is 10.3. The van der Waals surface area contributed by atoms with Crippen LogP contribution >= 0.6 is 0 Å². The monoisotopic (exact) mass is 197 g/mol. The molecular weight excluding hydrogens is 174 g/mol. The third-order valence-electron chi connectivity index (χ3n) is 4.03. The minimum Gasteiger partial charge on any atom is -0.390 e. The van der Waals surface area contributed by atoms with Gasteiger partial charge in [-0.05, 0) is 44.7 Å². The number of hydrogen-bond donors (Lipinski definition) is 2. The SMILES string of the molecule is OC1(CCC2CCCC2)CCNCC1. The van der Waals surface area contributed by atoms with Crippen LogP contribution in [0.5, 0.6) is 0 Å². The molecular formula is C12H23NO. The molecule has 0 unspecified atom stereocenters. The zero-order valence-corrected chi connectivity index (χ0v) is 9.10. The van der Waals surface area contributed by atoms with E-state index in [2.05, 4.69) is 5.32 Å². The van der Waals surface area contributed by atoms with E-state index in [1.165, 1.54) is 32.1 Å². The normalized spacial score (nSPS) is 28.1. The van der Waals surface area contributed by atoms with Crippen LogP contribution in [0.25, 0.3) is 0 Å². The lowest BCUT2D eigenvalue weighted by molar-refractivity contribution is -0.00267. The van der Waals surface area contributed by atoms with Crippen molar-refractivity contribution in [2.24, 2.45) is 5.92 Å². The average Bonchev–Trinajstić information content (AvgIpc) is 2.69. The fourth-order valence-corrected chi connectivity index (χ4v) is 2.91. The number of hydrogen-bond acceptors (Lipinski definition) is 2. The van der Waals surface area contributed by atoms with E-state index < -0.39 is 0 Å². The van der Waals surface area contributed by atoms with Crippen LogP contribution in [0.1, 0.15) is 51.4 Å². The Labute approximate surface area is 87.1 Å². The van der Waals surface area contributed by atoms with Crippen LogP contribution in [-0.4, -0.2) is 23.8 Å². The second kappa shape index (κ2) is 4.63. The van der Waals surface area contributed by atoms with Crippen molar-refractivity contribution in [1.82, 2.24) is 5.32 Å². The first-order valence-corrected chi connectivity index (χ1v) is 6.22. The minimum atomic E-state index is -0.326. The Kier molecular flexibility index (Phi) is 3.45. The Morgan fingerprint density at radius 3 is 2.43 bits per heavy atom. The molecule has 0 spiro atoms. The first kappa shape index (κ1) is 10.4. The summed E-state index contributed by atoms with van der Waals surface area (Å²) in [6.07, 6.45) is 9.88. The summed E-state index contributed by atoms with van der Waals surface area (Å²) in [6, 6.07) is 0. The summed E-state index contributed by atoms with van der Waals surface area (Å²) >= 11 is 0. The van der Waals surface area contributed by atoms with Crippen LogP contribution in [0.4, 0.5) is 0 Å². The molecule has 1 saturated heterocycles. The first-order chi connectivity index (χ1) is 6.79. The highest BCUT2D eigenvalue weighted by Crippen LogP contribution is 2.33. The number of aliphatic hydroxyl groups is 1. The molecule has 0 aromatic carbocycles. The molecule has 0 bridgehead atoms. The standard InChI is InChI=1S/C12H23NO/c14-12(7-9-13-10-8-12)6-5-11-3-1-2-4-11/h11,13-14H,1-10H2. The molecule has 2 rings (SSSR count). The molecule has 0 radical (unpaired) electrons. The molecule has 2 fully saturated rings. The van der Waals surface area contributed by atoms with E-state index in [-0.39, 0.29) is 5.60 Å². The summed E-state index contributed by atoms with van der Waals surface area (Å²) in [5.41, 5.74) is -0.326. The first-order valence-electron chi connectivity index (χ1n) is 6.22. The lowest BCUT2D eigenvalue weighted by Gasteiger charge is -2.33. The van der Waals surface area contributed by atoms with Crippen molar-refractivity contribution in [2.45, 2.75) is 57.0 Å². The molecule has 0 atom stereocenters. The Morgan fingerprint density at radius 1 is 1.14 bits per heavy atom. The van der Waals surface area contributed by atoms with Crippen LogP contribution in [0.15, 0.2) is 0 Å². The summed E-state index contributed by atoms with van der Waals surface area (Å²) in [7, 11) is 0. The van der Waals surface area contributed by atoms with Gasteiger partial charge in [0.25, 0.3) is 0 Å². The van der Waals surface area contributed by atoms with Gasteiger partial charge in [0.1, 0.15) is 0 Å². The lowest BCUT2D eigenvalue weighted by Crippen LogP contribution is -2.41. The zero-order valence-electron chi connectivity index (χ0n) is 9.10. The smallest absolute Gasteiger partial charge is 0.0672 e. The average molecular weight is 197 g/mol. The lowest BCUT2D eigenvalue weighted by atomic mass is 9.85. The molecule has 1 saturated carbocycles. The van der Waals surface area contributed by atoms with Crippen molar-refractivity contribution in [3.63, 3.8) is 0 Å². The van der Waals surface area contributed by atoms with Crippen molar-refractivity contribution >= 4 is 0 Å². The largest absolute Gasteiger partial charge is 0.390 e. The fourth-order valence-electron chi connectivity index (χ4n) is 2.91. The summed E-state index contributed by atoms with van der Waals surface area (Å²) in [6.45, 7) is 2.00. The molecule has 82 valence electrons. The summed E-state index contributed by atoms with van der Waals surface area (Å²) < 4.78 is 0. The van der Waals surface area contributed by atoms with Gasteiger partial charge in [0.15, 0.2) is 0 Å². The molecule has 0 amide bonds. The maximum absolute atomic E-state index is 10.3. The van der Waals surface area contributed by atoms with Gasteiger partial charge >= 0.3 is 0 Å². The van der Waals surface area contributed by atoms with Crippen LogP contribution in [0, 0.1) is 5.92 Å². The second-order valence-corrected chi connectivity index (χ2v) is 5.16. The number of rotatable bonds is 3. The highest BCUT2D eigenvalue weighted by molar-refractivity contribution is 4.85. The van der Waals surface area contributed by atoms with E-state index in [4.69, 9.17) is 0 Å². The van der Waals surface area contributed by atoms with Crippen LogP contribution in [0.2, 0.25) is 0 Å². The quantitative estimate of drug-likeness (QED) is 0.726. The van der Waals surface area contributed by atoms with Gasteiger partial charge in [-0.2, -0.15) is 0 Å². The predicted molar refractivity (Wildman–Crippen MR) is 58.2 cm³/mol. The Morgan fingerprint density at radius 2 is 1.79 bits per heavy atom. The van der Waals surface area contributed by atoms with E-state index in [0.29, 0.717) is 0 Å². The summed E-state index contributed by atoms with van der Waals surface area (Å²) in [4.78, 5) is 0.